The zero-order chi connectivity index (χ0) is 20.7. The third-order valence-corrected chi connectivity index (χ3v) is 4.76. The minimum Gasteiger partial charge on any atom is -0.465 e. The molecule has 3 heterocycles. The zero-order valence-electron chi connectivity index (χ0n) is 16.1. The third kappa shape index (κ3) is 3.04. The summed E-state index contributed by atoms with van der Waals surface area (Å²) in [5.74, 6) is -1.02. The van der Waals surface area contributed by atoms with Crippen molar-refractivity contribution < 1.29 is 14.3 Å². The molecule has 4 aromatic rings. The fourth-order valence-corrected chi connectivity index (χ4v) is 3.26. The lowest BCUT2D eigenvalue weighted by Gasteiger charge is -2.10. The summed E-state index contributed by atoms with van der Waals surface area (Å²) in [4.78, 5) is 42.2. The van der Waals surface area contributed by atoms with Crippen molar-refractivity contribution in [2.24, 2.45) is 7.05 Å². The van der Waals surface area contributed by atoms with Gasteiger partial charge < -0.3 is 14.6 Å². The van der Waals surface area contributed by atoms with Crippen LogP contribution in [-0.2, 0) is 11.8 Å². The summed E-state index contributed by atoms with van der Waals surface area (Å²) in [7, 11) is 2.94. The summed E-state index contributed by atoms with van der Waals surface area (Å²) in [5, 5.41) is 3.05. The van der Waals surface area contributed by atoms with E-state index in [-0.39, 0.29) is 16.8 Å². The minimum atomic E-state index is -0.556. The van der Waals surface area contributed by atoms with Crippen molar-refractivity contribution >= 4 is 34.2 Å². The molecule has 0 unspecified atom stereocenters. The van der Waals surface area contributed by atoms with Crippen LogP contribution in [0.2, 0.25) is 0 Å². The Morgan fingerprint density at radius 3 is 2.66 bits per heavy atom. The number of nitrogens with one attached hydrogen (secondary N) is 1. The van der Waals surface area contributed by atoms with Crippen molar-refractivity contribution in [3.8, 4) is 0 Å². The molecule has 29 heavy (non-hydrogen) atoms. The number of methoxy groups -OCH3 is 1. The quantitative estimate of drug-likeness (QED) is 0.543. The van der Waals surface area contributed by atoms with Gasteiger partial charge in [-0.2, -0.15) is 0 Å². The first kappa shape index (κ1) is 18.4. The van der Waals surface area contributed by atoms with Gasteiger partial charge in [-0.05, 0) is 36.8 Å². The number of hydrogen-bond donors (Lipinski definition) is 1. The summed E-state index contributed by atoms with van der Waals surface area (Å²) < 4.78 is 7.78. The maximum absolute atomic E-state index is 12.9. The number of rotatable bonds is 3. The Morgan fingerprint density at radius 1 is 1.14 bits per heavy atom. The Kier molecular flexibility index (Phi) is 4.38. The number of anilines is 1. The van der Waals surface area contributed by atoms with E-state index < -0.39 is 11.9 Å². The zero-order valence-corrected chi connectivity index (χ0v) is 16.1. The number of aromatic nitrogens is 3. The molecule has 146 valence electrons. The number of ether oxygens (including phenoxy) is 1. The summed E-state index contributed by atoms with van der Waals surface area (Å²) in [6.45, 7) is 1.89. The van der Waals surface area contributed by atoms with E-state index in [1.165, 1.54) is 17.6 Å². The van der Waals surface area contributed by atoms with Gasteiger partial charge in [-0.25, -0.2) is 9.78 Å². The molecular weight excluding hydrogens is 372 g/mol. The number of benzene rings is 1. The number of carbonyl (C=O) groups excluding carboxylic acids is 2. The topological polar surface area (TPSA) is 94.7 Å². The first-order valence-electron chi connectivity index (χ1n) is 8.88. The predicted octanol–water partition coefficient (Wildman–Crippen LogP) is 2.53. The van der Waals surface area contributed by atoms with E-state index >= 15 is 0 Å². The molecule has 3 aromatic heterocycles. The molecule has 0 atom stereocenters. The van der Waals surface area contributed by atoms with Gasteiger partial charge in [-0.3, -0.25) is 14.0 Å². The molecule has 0 spiro atoms. The maximum atomic E-state index is 12.9. The average molecular weight is 390 g/mol. The maximum Gasteiger partial charge on any atom is 0.339 e. The van der Waals surface area contributed by atoms with E-state index in [0.717, 1.165) is 5.56 Å². The van der Waals surface area contributed by atoms with E-state index in [1.54, 1.807) is 48.1 Å². The highest BCUT2D eigenvalue weighted by Crippen LogP contribution is 2.20. The Bertz CT molecular complexity index is 1350. The van der Waals surface area contributed by atoms with Gasteiger partial charge in [0.15, 0.2) is 0 Å². The molecule has 0 aliphatic carbocycles. The second-order valence-corrected chi connectivity index (χ2v) is 6.67. The lowest BCUT2D eigenvalue weighted by atomic mass is 10.1. The Hall–Kier alpha value is -3.94. The molecule has 1 N–H and O–H groups in total. The SMILES string of the molecule is COC(=O)c1ccccc1NC(=O)c1cc2c(=O)n3cc(C)ccc3nc2n1C. The van der Waals surface area contributed by atoms with Crippen molar-refractivity contribution in [3.63, 3.8) is 0 Å². The van der Waals surface area contributed by atoms with Crippen LogP contribution in [0, 0.1) is 6.92 Å². The van der Waals surface area contributed by atoms with Gasteiger partial charge in [0.25, 0.3) is 11.5 Å². The molecule has 1 amide bonds. The van der Waals surface area contributed by atoms with Crippen molar-refractivity contribution in [2.75, 3.05) is 12.4 Å². The van der Waals surface area contributed by atoms with Crippen LogP contribution in [0.25, 0.3) is 16.7 Å². The average Bonchev–Trinajstić information content (AvgIpc) is 3.05. The molecule has 0 fully saturated rings. The summed E-state index contributed by atoms with van der Waals surface area (Å²) in [6, 6.07) is 11.7. The van der Waals surface area contributed by atoms with Gasteiger partial charge in [0.1, 0.15) is 17.0 Å². The Morgan fingerprint density at radius 2 is 1.90 bits per heavy atom. The highest BCUT2D eigenvalue weighted by atomic mass is 16.5. The van der Waals surface area contributed by atoms with Crippen molar-refractivity contribution in [1.82, 2.24) is 14.0 Å². The van der Waals surface area contributed by atoms with Crippen LogP contribution in [0.15, 0.2) is 53.5 Å². The molecular formula is C21H18N4O4. The summed E-state index contributed by atoms with van der Waals surface area (Å²) in [5.41, 5.74) is 2.38. The summed E-state index contributed by atoms with van der Waals surface area (Å²) in [6.07, 6.45) is 1.71. The van der Waals surface area contributed by atoms with Crippen LogP contribution in [0.4, 0.5) is 5.69 Å². The molecule has 4 rings (SSSR count). The number of hydrogen-bond acceptors (Lipinski definition) is 5. The molecule has 0 aliphatic heterocycles. The van der Waals surface area contributed by atoms with Gasteiger partial charge >= 0.3 is 5.97 Å². The fourth-order valence-electron chi connectivity index (χ4n) is 3.26. The van der Waals surface area contributed by atoms with Crippen LogP contribution in [-0.4, -0.2) is 32.9 Å². The molecule has 0 saturated carbocycles. The largest absolute Gasteiger partial charge is 0.465 e. The molecule has 0 bridgehead atoms. The van der Waals surface area contributed by atoms with Crippen LogP contribution in [0.1, 0.15) is 26.4 Å². The number of aryl methyl sites for hydroxylation is 2. The van der Waals surface area contributed by atoms with Gasteiger partial charge in [-0.1, -0.05) is 18.2 Å². The van der Waals surface area contributed by atoms with E-state index in [2.05, 4.69) is 10.3 Å². The number of nitrogens with zero attached hydrogens (tertiary/aromatic N) is 3. The third-order valence-electron chi connectivity index (χ3n) is 4.76. The van der Waals surface area contributed by atoms with Gasteiger partial charge in [0.05, 0.1) is 23.7 Å². The van der Waals surface area contributed by atoms with Crippen LogP contribution in [0.5, 0.6) is 0 Å². The first-order valence-corrected chi connectivity index (χ1v) is 8.88. The van der Waals surface area contributed by atoms with Gasteiger partial charge in [0, 0.05) is 13.2 Å². The fraction of sp³-hybridized carbons (Fsp3) is 0.143. The number of amides is 1. The lowest BCUT2D eigenvalue weighted by Crippen LogP contribution is -2.18. The van der Waals surface area contributed by atoms with Crippen LogP contribution in [0.3, 0.4) is 0 Å². The molecule has 0 saturated heterocycles. The number of fused-ring (bicyclic) bond motifs is 2. The Labute approximate surface area is 165 Å². The van der Waals surface area contributed by atoms with Crippen molar-refractivity contribution in [1.29, 1.82) is 0 Å². The number of pyridine rings is 1. The molecule has 0 radical (unpaired) electrons. The van der Waals surface area contributed by atoms with E-state index in [0.29, 0.717) is 22.4 Å². The smallest absolute Gasteiger partial charge is 0.339 e. The second kappa shape index (κ2) is 6.90. The monoisotopic (exact) mass is 390 g/mol. The Balaban J connectivity index is 1.81. The molecule has 1 aromatic carbocycles. The number of para-hydroxylation sites is 1. The minimum absolute atomic E-state index is 0.238. The van der Waals surface area contributed by atoms with Crippen LogP contribution < -0.4 is 10.9 Å². The van der Waals surface area contributed by atoms with E-state index in [4.69, 9.17) is 4.74 Å². The van der Waals surface area contributed by atoms with Gasteiger partial charge in [0.2, 0.25) is 0 Å². The van der Waals surface area contributed by atoms with Crippen LogP contribution >= 0.6 is 0 Å². The van der Waals surface area contributed by atoms with Crippen molar-refractivity contribution in [3.05, 3.63) is 75.8 Å². The normalized spacial score (nSPS) is 11.0. The van der Waals surface area contributed by atoms with Gasteiger partial charge in [-0.15, -0.1) is 0 Å². The standard InChI is InChI=1S/C21H18N4O4/c1-12-8-9-17-23-18-14(20(27)25(17)11-12)10-16(24(18)2)19(26)22-15-7-5-4-6-13(15)21(28)29-3/h4-11H,1-3H3,(H,22,26). The first-order chi connectivity index (χ1) is 13.9. The van der Waals surface area contributed by atoms with Crippen molar-refractivity contribution in [2.45, 2.75) is 6.92 Å². The lowest BCUT2D eigenvalue weighted by molar-refractivity contribution is 0.0602. The molecule has 8 heteroatoms. The second-order valence-electron chi connectivity index (χ2n) is 6.67. The highest BCUT2D eigenvalue weighted by molar-refractivity contribution is 6.09. The molecule has 0 aliphatic rings. The predicted molar refractivity (Wildman–Crippen MR) is 108 cm³/mol. The van der Waals surface area contributed by atoms with E-state index in [9.17, 15) is 14.4 Å². The summed E-state index contributed by atoms with van der Waals surface area (Å²) >= 11 is 0. The molecule has 8 nitrogen and oxygen atoms in total. The number of esters is 1. The highest BCUT2D eigenvalue weighted by Gasteiger charge is 2.20. The van der Waals surface area contributed by atoms with E-state index in [1.807, 2.05) is 13.0 Å². The number of carbonyl (C=O) groups is 2.